The van der Waals surface area contributed by atoms with E-state index in [9.17, 15) is 9.59 Å². The largest absolute Gasteiger partial charge is 0.481 e. The summed E-state index contributed by atoms with van der Waals surface area (Å²) in [6, 6.07) is -0.127. The van der Waals surface area contributed by atoms with Crippen LogP contribution in [0.1, 0.15) is 39.5 Å². The van der Waals surface area contributed by atoms with Crippen molar-refractivity contribution in [2.75, 3.05) is 26.3 Å². The highest BCUT2D eigenvalue weighted by Crippen LogP contribution is 2.22. The topological polar surface area (TPSA) is 78.9 Å². The number of rotatable bonds is 7. The Kier molecular flexibility index (Phi) is 7.36. The van der Waals surface area contributed by atoms with Crippen molar-refractivity contribution in [1.29, 1.82) is 0 Å². The predicted octanol–water partition coefficient (Wildman–Crippen LogP) is 1.70. The van der Waals surface area contributed by atoms with E-state index in [1.165, 1.54) is 0 Å². The number of carbonyl (C=O) groups is 2. The molecule has 0 aromatic carbocycles. The van der Waals surface area contributed by atoms with Crippen LogP contribution in [-0.4, -0.2) is 54.4 Å². The van der Waals surface area contributed by atoms with Gasteiger partial charge in [0.2, 0.25) is 0 Å². The number of nitrogens with zero attached hydrogens (tertiary/aromatic N) is 1. The quantitative estimate of drug-likeness (QED) is 0.698. The van der Waals surface area contributed by atoms with Gasteiger partial charge in [-0.3, -0.25) is 4.79 Å². The molecule has 1 aliphatic heterocycles. The maximum absolute atomic E-state index is 12.0. The fourth-order valence-electron chi connectivity index (χ4n) is 2.42. The van der Waals surface area contributed by atoms with Gasteiger partial charge >= 0.3 is 12.0 Å². The first-order valence-corrected chi connectivity index (χ1v) is 7.41. The minimum atomic E-state index is -0.759. The van der Waals surface area contributed by atoms with Crippen LogP contribution in [0.2, 0.25) is 0 Å². The predicted molar refractivity (Wildman–Crippen MR) is 75.7 cm³/mol. The molecule has 1 rings (SSSR count). The van der Waals surface area contributed by atoms with Crippen molar-refractivity contribution in [2.45, 2.75) is 45.6 Å². The zero-order valence-corrected chi connectivity index (χ0v) is 12.4. The molecule has 20 heavy (non-hydrogen) atoms. The molecule has 0 spiro atoms. The molecule has 2 unspecified atom stereocenters. The minimum absolute atomic E-state index is 0.0267. The number of amides is 2. The number of aliphatic carboxylic acids is 1. The van der Waals surface area contributed by atoms with E-state index >= 15 is 0 Å². The van der Waals surface area contributed by atoms with Gasteiger partial charge in [0.05, 0.1) is 5.92 Å². The maximum atomic E-state index is 12.0. The summed E-state index contributed by atoms with van der Waals surface area (Å²) in [5.41, 5.74) is 0. The van der Waals surface area contributed by atoms with Crippen molar-refractivity contribution in [3.05, 3.63) is 0 Å². The van der Waals surface area contributed by atoms with Crippen LogP contribution in [0.3, 0.4) is 0 Å². The smallest absolute Gasteiger partial charge is 0.317 e. The molecule has 116 valence electrons. The van der Waals surface area contributed by atoms with Crippen LogP contribution in [0.4, 0.5) is 4.79 Å². The van der Waals surface area contributed by atoms with E-state index in [1.54, 1.807) is 4.90 Å². The molecular weight excluding hydrogens is 260 g/mol. The van der Waals surface area contributed by atoms with Crippen LogP contribution in [-0.2, 0) is 9.53 Å². The third-order valence-corrected chi connectivity index (χ3v) is 3.58. The number of carbonyl (C=O) groups excluding carboxylic acids is 1. The van der Waals surface area contributed by atoms with Crippen LogP contribution >= 0.6 is 0 Å². The Morgan fingerprint density at radius 3 is 2.75 bits per heavy atom. The van der Waals surface area contributed by atoms with Crippen LogP contribution < -0.4 is 5.32 Å². The van der Waals surface area contributed by atoms with Gasteiger partial charge in [-0.2, -0.15) is 0 Å². The number of carboxylic acid groups (broad SMARTS) is 1. The van der Waals surface area contributed by atoms with E-state index in [2.05, 4.69) is 12.2 Å². The molecule has 0 bridgehead atoms. The first-order chi connectivity index (χ1) is 9.56. The normalized spacial score (nSPS) is 22.6. The lowest BCUT2D eigenvalue weighted by Crippen LogP contribution is -2.50. The Morgan fingerprint density at radius 2 is 2.15 bits per heavy atom. The summed E-state index contributed by atoms with van der Waals surface area (Å²) in [5, 5.41) is 11.9. The van der Waals surface area contributed by atoms with E-state index in [0.29, 0.717) is 32.5 Å². The van der Waals surface area contributed by atoms with E-state index in [4.69, 9.17) is 9.84 Å². The molecule has 2 amide bonds. The van der Waals surface area contributed by atoms with Crippen LogP contribution in [0.5, 0.6) is 0 Å². The fourth-order valence-corrected chi connectivity index (χ4v) is 2.42. The van der Waals surface area contributed by atoms with Gasteiger partial charge in [-0.1, -0.05) is 6.92 Å². The maximum Gasteiger partial charge on any atom is 0.317 e. The first-order valence-electron chi connectivity index (χ1n) is 7.41. The molecule has 0 aromatic heterocycles. The average Bonchev–Trinajstić information content (AvgIpc) is 2.42. The summed E-state index contributed by atoms with van der Waals surface area (Å²) in [5.74, 6) is -1.08. The van der Waals surface area contributed by atoms with E-state index in [1.807, 2.05) is 6.92 Å². The number of ether oxygens (including phenoxy) is 1. The Morgan fingerprint density at radius 1 is 1.40 bits per heavy atom. The summed E-state index contributed by atoms with van der Waals surface area (Å²) in [6.45, 7) is 6.48. The number of carboxylic acids is 1. The molecule has 1 fully saturated rings. The van der Waals surface area contributed by atoms with Crippen LogP contribution in [0.25, 0.3) is 0 Å². The summed E-state index contributed by atoms with van der Waals surface area (Å²) in [6.07, 6.45) is 2.86. The lowest BCUT2D eigenvalue weighted by molar-refractivity contribution is -0.143. The van der Waals surface area contributed by atoms with Gasteiger partial charge in [-0.25, -0.2) is 4.79 Å². The summed E-state index contributed by atoms with van der Waals surface area (Å²) < 4.78 is 5.34. The summed E-state index contributed by atoms with van der Waals surface area (Å²) >= 11 is 0. The van der Waals surface area contributed by atoms with Crippen molar-refractivity contribution in [2.24, 2.45) is 5.92 Å². The third-order valence-electron chi connectivity index (χ3n) is 3.58. The zero-order valence-electron chi connectivity index (χ0n) is 12.4. The van der Waals surface area contributed by atoms with Gasteiger partial charge in [0.15, 0.2) is 0 Å². The molecule has 2 atom stereocenters. The Balaban J connectivity index is 2.22. The standard InChI is InChI=1S/C14H26N2O4/c1-3-8-20-9-4-6-15-14(19)16-7-5-12(13(17)18)10-11(16)2/h11-12H,3-10H2,1-2H3,(H,15,19)(H,17,18). The number of piperidine rings is 1. The Bertz CT molecular complexity index is 322. The van der Waals surface area contributed by atoms with Gasteiger partial charge in [0, 0.05) is 32.3 Å². The fraction of sp³-hybridized carbons (Fsp3) is 0.857. The van der Waals surface area contributed by atoms with Crippen molar-refractivity contribution < 1.29 is 19.4 Å². The zero-order chi connectivity index (χ0) is 15.0. The van der Waals surface area contributed by atoms with E-state index in [0.717, 1.165) is 19.4 Å². The molecule has 0 aliphatic carbocycles. The highest BCUT2D eigenvalue weighted by Gasteiger charge is 2.31. The van der Waals surface area contributed by atoms with Crippen LogP contribution in [0, 0.1) is 5.92 Å². The van der Waals surface area contributed by atoms with Gasteiger partial charge in [-0.15, -0.1) is 0 Å². The average molecular weight is 286 g/mol. The Hall–Kier alpha value is -1.30. The van der Waals surface area contributed by atoms with Crippen molar-refractivity contribution in [1.82, 2.24) is 10.2 Å². The monoisotopic (exact) mass is 286 g/mol. The lowest BCUT2D eigenvalue weighted by Gasteiger charge is -2.36. The third kappa shape index (κ3) is 5.36. The summed E-state index contributed by atoms with van der Waals surface area (Å²) in [7, 11) is 0. The van der Waals surface area contributed by atoms with Gasteiger partial charge in [0.25, 0.3) is 0 Å². The minimum Gasteiger partial charge on any atom is -0.481 e. The van der Waals surface area contributed by atoms with Crippen molar-refractivity contribution in [3.63, 3.8) is 0 Å². The highest BCUT2D eigenvalue weighted by molar-refractivity contribution is 5.75. The lowest BCUT2D eigenvalue weighted by atomic mass is 9.92. The molecule has 1 heterocycles. The number of urea groups is 1. The molecule has 6 heteroatoms. The SMILES string of the molecule is CCCOCCCNC(=O)N1CCC(C(=O)O)CC1C. The van der Waals surface area contributed by atoms with Crippen molar-refractivity contribution in [3.8, 4) is 0 Å². The van der Waals surface area contributed by atoms with Gasteiger partial charge < -0.3 is 20.1 Å². The van der Waals surface area contributed by atoms with Crippen molar-refractivity contribution >= 4 is 12.0 Å². The molecule has 0 radical (unpaired) electrons. The second-order valence-electron chi connectivity index (χ2n) is 5.30. The number of likely N-dealkylation sites (tertiary alicyclic amines) is 1. The molecule has 0 aromatic rings. The van der Waals surface area contributed by atoms with Gasteiger partial charge in [-0.05, 0) is 32.6 Å². The Labute approximate surface area is 120 Å². The molecule has 6 nitrogen and oxygen atoms in total. The number of nitrogens with one attached hydrogen (secondary N) is 1. The molecule has 1 aliphatic rings. The second-order valence-corrected chi connectivity index (χ2v) is 5.30. The van der Waals surface area contributed by atoms with E-state index < -0.39 is 5.97 Å². The molecular formula is C14H26N2O4. The summed E-state index contributed by atoms with van der Waals surface area (Å²) in [4.78, 5) is 24.7. The second kappa shape index (κ2) is 8.79. The first kappa shape index (κ1) is 16.8. The molecule has 2 N–H and O–H groups in total. The molecule has 1 saturated heterocycles. The molecule has 0 saturated carbocycles. The highest BCUT2D eigenvalue weighted by atomic mass is 16.5. The number of hydrogen-bond acceptors (Lipinski definition) is 3. The van der Waals surface area contributed by atoms with Gasteiger partial charge in [0.1, 0.15) is 0 Å². The van der Waals surface area contributed by atoms with E-state index in [-0.39, 0.29) is 18.0 Å². The number of hydrogen-bond donors (Lipinski definition) is 2. The van der Waals surface area contributed by atoms with Crippen LogP contribution in [0.15, 0.2) is 0 Å².